The molecule has 9 heteroatoms. The van der Waals surface area contributed by atoms with Gasteiger partial charge in [-0.3, -0.25) is 4.79 Å². The number of ether oxygens (including phenoxy) is 2. The smallest absolute Gasteiger partial charge is 0.189 e. The Kier molecular flexibility index (Phi) is 7.01. The molecule has 0 bridgehead atoms. The second-order valence-electron chi connectivity index (χ2n) is 8.17. The number of allylic oxidation sites excluding steroid dienone is 1. The van der Waals surface area contributed by atoms with Gasteiger partial charge in [0.1, 0.15) is 41.5 Å². The minimum absolute atomic E-state index is 0.0154. The van der Waals surface area contributed by atoms with E-state index in [4.69, 9.17) is 13.9 Å². The summed E-state index contributed by atoms with van der Waals surface area (Å²) < 4.78 is 16.1. The standard InChI is InChI=1S/C25H26O9/c1-32-16-9-15(10-20-23(29)25(31)24(30)21(12-26)34-20)22(18(28)11-16)17(27)4-2-13-3-5-19-14(8-13)6-7-33-19/h2-9,11,20-21,23-26,28-31H,10,12H2,1H3. The molecule has 1 aliphatic heterocycles. The molecule has 0 aliphatic carbocycles. The van der Waals surface area contributed by atoms with Crippen molar-refractivity contribution in [1.82, 2.24) is 0 Å². The lowest BCUT2D eigenvalue weighted by Gasteiger charge is -2.40. The number of ketones is 1. The highest BCUT2D eigenvalue weighted by Crippen LogP contribution is 2.32. The summed E-state index contributed by atoms with van der Waals surface area (Å²) in [5, 5.41) is 51.4. The molecule has 34 heavy (non-hydrogen) atoms. The maximum absolute atomic E-state index is 13.1. The second-order valence-corrected chi connectivity index (χ2v) is 8.17. The van der Waals surface area contributed by atoms with Gasteiger partial charge in [0, 0.05) is 17.9 Å². The molecule has 1 fully saturated rings. The molecule has 5 unspecified atom stereocenters. The predicted octanol–water partition coefficient (Wildman–Crippen LogP) is 1.43. The van der Waals surface area contributed by atoms with Crippen LogP contribution in [0.5, 0.6) is 11.5 Å². The molecule has 5 N–H and O–H groups in total. The summed E-state index contributed by atoms with van der Waals surface area (Å²) in [7, 11) is 1.40. The highest BCUT2D eigenvalue weighted by Gasteiger charge is 2.43. The van der Waals surface area contributed by atoms with E-state index in [0.29, 0.717) is 5.56 Å². The molecule has 3 aromatic rings. The van der Waals surface area contributed by atoms with Gasteiger partial charge in [-0.15, -0.1) is 0 Å². The minimum atomic E-state index is -1.55. The van der Waals surface area contributed by atoms with Gasteiger partial charge in [-0.2, -0.15) is 0 Å². The van der Waals surface area contributed by atoms with Crippen LogP contribution in [-0.2, 0) is 11.2 Å². The fourth-order valence-electron chi connectivity index (χ4n) is 4.13. The third-order valence-corrected chi connectivity index (χ3v) is 5.97. The fraction of sp³-hybridized carbons (Fsp3) is 0.320. The van der Waals surface area contributed by atoms with Gasteiger partial charge in [-0.05, 0) is 41.5 Å². The summed E-state index contributed by atoms with van der Waals surface area (Å²) in [5.41, 5.74) is 1.77. The lowest BCUT2D eigenvalue weighted by molar-refractivity contribution is -0.228. The van der Waals surface area contributed by atoms with E-state index in [0.717, 1.165) is 16.5 Å². The van der Waals surface area contributed by atoms with Gasteiger partial charge < -0.3 is 39.4 Å². The van der Waals surface area contributed by atoms with Crippen LogP contribution >= 0.6 is 0 Å². The third kappa shape index (κ3) is 4.70. The monoisotopic (exact) mass is 470 g/mol. The first kappa shape index (κ1) is 23.9. The lowest BCUT2D eigenvalue weighted by Crippen LogP contribution is -2.59. The molecule has 180 valence electrons. The predicted molar refractivity (Wildman–Crippen MR) is 122 cm³/mol. The van der Waals surface area contributed by atoms with Crippen molar-refractivity contribution in [1.29, 1.82) is 0 Å². The van der Waals surface area contributed by atoms with Crippen molar-refractivity contribution < 1.29 is 44.2 Å². The molecule has 0 amide bonds. The molecule has 4 rings (SSSR count). The summed E-state index contributed by atoms with van der Waals surface area (Å²) >= 11 is 0. The first-order valence-electron chi connectivity index (χ1n) is 10.7. The average Bonchev–Trinajstić information content (AvgIpc) is 3.30. The van der Waals surface area contributed by atoms with Crippen molar-refractivity contribution in [3.63, 3.8) is 0 Å². The van der Waals surface area contributed by atoms with Crippen LogP contribution in [0.25, 0.3) is 17.0 Å². The molecule has 2 aromatic carbocycles. The topological polar surface area (TPSA) is 150 Å². The summed E-state index contributed by atoms with van der Waals surface area (Å²) in [6.45, 7) is -0.569. The quantitative estimate of drug-likeness (QED) is 0.255. The molecule has 2 heterocycles. The number of aliphatic hydroxyl groups is 4. The van der Waals surface area contributed by atoms with E-state index in [1.54, 1.807) is 24.5 Å². The van der Waals surface area contributed by atoms with Crippen LogP contribution in [-0.4, -0.2) is 75.6 Å². The van der Waals surface area contributed by atoms with Crippen molar-refractivity contribution in [2.45, 2.75) is 36.9 Å². The van der Waals surface area contributed by atoms with Crippen LogP contribution in [0.3, 0.4) is 0 Å². The first-order chi connectivity index (χ1) is 16.3. The van der Waals surface area contributed by atoms with E-state index in [1.165, 1.54) is 25.3 Å². The Morgan fingerprint density at radius 1 is 1.06 bits per heavy atom. The number of furan rings is 1. The van der Waals surface area contributed by atoms with Crippen molar-refractivity contribution in [2.75, 3.05) is 13.7 Å². The fourth-order valence-corrected chi connectivity index (χ4v) is 4.13. The number of phenols is 1. The number of fused-ring (bicyclic) bond motifs is 1. The Labute approximate surface area is 195 Å². The van der Waals surface area contributed by atoms with Gasteiger partial charge in [0.2, 0.25) is 0 Å². The Hall–Kier alpha value is -3.21. The van der Waals surface area contributed by atoms with E-state index in [1.807, 2.05) is 12.1 Å². The molecule has 0 spiro atoms. The summed E-state index contributed by atoms with van der Waals surface area (Å²) in [4.78, 5) is 13.1. The van der Waals surface area contributed by atoms with Crippen molar-refractivity contribution in [3.8, 4) is 11.5 Å². The average molecular weight is 470 g/mol. The number of hydrogen-bond donors (Lipinski definition) is 5. The Balaban J connectivity index is 1.64. The van der Waals surface area contributed by atoms with E-state index in [2.05, 4.69) is 0 Å². The number of hydrogen-bond acceptors (Lipinski definition) is 9. The highest BCUT2D eigenvalue weighted by molar-refractivity contribution is 6.09. The van der Waals surface area contributed by atoms with E-state index in [9.17, 15) is 30.3 Å². The van der Waals surface area contributed by atoms with Crippen molar-refractivity contribution >= 4 is 22.8 Å². The zero-order chi connectivity index (χ0) is 24.4. The number of rotatable bonds is 7. The van der Waals surface area contributed by atoms with Crippen LogP contribution in [0.2, 0.25) is 0 Å². The number of benzene rings is 2. The number of carbonyl (C=O) groups excluding carboxylic acids is 1. The number of methoxy groups -OCH3 is 1. The van der Waals surface area contributed by atoms with E-state index < -0.39 is 42.9 Å². The van der Waals surface area contributed by atoms with Crippen molar-refractivity contribution in [3.05, 3.63) is 65.4 Å². The van der Waals surface area contributed by atoms with Crippen LogP contribution < -0.4 is 4.74 Å². The van der Waals surface area contributed by atoms with Crippen LogP contribution in [0.4, 0.5) is 0 Å². The van der Waals surface area contributed by atoms with E-state index in [-0.39, 0.29) is 23.5 Å². The van der Waals surface area contributed by atoms with Gasteiger partial charge in [0.15, 0.2) is 5.78 Å². The third-order valence-electron chi connectivity index (χ3n) is 5.97. The molecular weight excluding hydrogens is 444 g/mol. The summed E-state index contributed by atoms with van der Waals surface area (Å²) in [5.74, 6) is -0.533. The van der Waals surface area contributed by atoms with Gasteiger partial charge in [-0.1, -0.05) is 12.1 Å². The molecule has 1 aliphatic rings. The molecular formula is C25H26O9. The molecule has 5 atom stereocenters. The number of aliphatic hydroxyl groups excluding tert-OH is 4. The first-order valence-corrected chi connectivity index (χ1v) is 10.7. The molecule has 1 aromatic heterocycles. The summed E-state index contributed by atoms with van der Waals surface area (Å²) in [6.07, 6.45) is -2.26. The Morgan fingerprint density at radius 3 is 2.56 bits per heavy atom. The maximum atomic E-state index is 13.1. The second kappa shape index (κ2) is 9.96. The van der Waals surface area contributed by atoms with E-state index >= 15 is 0 Å². The molecule has 1 saturated heterocycles. The zero-order valence-corrected chi connectivity index (χ0v) is 18.4. The maximum Gasteiger partial charge on any atom is 0.189 e. The molecule has 0 radical (unpaired) electrons. The normalized spacial score (nSPS) is 25.1. The van der Waals surface area contributed by atoms with Crippen LogP contribution in [0, 0.1) is 0 Å². The Bertz CT molecular complexity index is 1200. The molecule has 0 saturated carbocycles. The van der Waals surface area contributed by atoms with Crippen LogP contribution in [0.1, 0.15) is 21.5 Å². The highest BCUT2D eigenvalue weighted by atomic mass is 16.5. The van der Waals surface area contributed by atoms with Gasteiger partial charge in [0.25, 0.3) is 0 Å². The van der Waals surface area contributed by atoms with Gasteiger partial charge >= 0.3 is 0 Å². The lowest BCUT2D eigenvalue weighted by atomic mass is 9.89. The minimum Gasteiger partial charge on any atom is -0.507 e. The SMILES string of the molecule is COc1cc(O)c(C(=O)C=Cc2ccc3occc3c2)c(CC2OC(CO)C(O)C(O)C2O)c1. The Morgan fingerprint density at radius 2 is 1.82 bits per heavy atom. The van der Waals surface area contributed by atoms with Gasteiger partial charge in [0.05, 0.1) is 31.6 Å². The van der Waals surface area contributed by atoms with Crippen molar-refractivity contribution in [2.24, 2.45) is 0 Å². The summed E-state index contributed by atoms with van der Waals surface area (Å²) in [6, 6.07) is 10.1. The largest absolute Gasteiger partial charge is 0.507 e. The number of aromatic hydroxyl groups is 1. The molecule has 9 nitrogen and oxygen atoms in total. The zero-order valence-electron chi connectivity index (χ0n) is 18.4. The number of carbonyl (C=O) groups is 1. The number of phenolic OH excluding ortho intramolecular Hbond substituents is 1. The van der Waals surface area contributed by atoms with Crippen LogP contribution in [0.15, 0.2) is 53.2 Å². The van der Waals surface area contributed by atoms with Gasteiger partial charge in [-0.25, -0.2) is 0 Å².